The molecule has 0 aromatic heterocycles. The zero-order valence-electron chi connectivity index (χ0n) is 19.9. The molecule has 4 rings (SSSR count). The number of ether oxygens (including phenoxy) is 2. The van der Waals surface area contributed by atoms with Gasteiger partial charge in [-0.2, -0.15) is 0 Å². The molecule has 1 atom stereocenters. The fourth-order valence-corrected chi connectivity index (χ4v) is 4.39. The van der Waals surface area contributed by atoms with Crippen molar-refractivity contribution in [1.29, 1.82) is 0 Å². The molecule has 1 aliphatic heterocycles. The number of benzene rings is 3. The summed E-state index contributed by atoms with van der Waals surface area (Å²) in [7, 11) is 0. The number of nitrogens with zero attached hydrogens (tertiary/aromatic N) is 2. The zero-order valence-corrected chi connectivity index (χ0v) is 19.9. The highest BCUT2D eigenvalue weighted by atomic mass is 19.1. The van der Waals surface area contributed by atoms with Gasteiger partial charge in [0.05, 0.1) is 25.0 Å². The normalized spacial score (nSPS) is 15.4. The summed E-state index contributed by atoms with van der Waals surface area (Å²) in [6.07, 6.45) is -1.22. The maximum Gasteiger partial charge on any atom is 0.142 e. The highest BCUT2D eigenvalue weighted by molar-refractivity contribution is 5.58. The molecule has 3 aromatic rings. The van der Waals surface area contributed by atoms with Crippen LogP contribution in [0.3, 0.4) is 0 Å². The van der Waals surface area contributed by atoms with Crippen LogP contribution in [0, 0.1) is 11.6 Å². The van der Waals surface area contributed by atoms with Gasteiger partial charge in [-0.3, -0.25) is 4.90 Å². The maximum absolute atomic E-state index is 13.4. The molecular weight excluding hydrogens is 450 g/mol. The Kier molecular flexibility index (Phi) is 8.69. The molecule has 3 aromatic carbocycles. The van der Waals surface area contributed by atoms with Gasteiger partial charge in [0, 0.05) is 32.7 Å². The molecule has 7 heteroatoms. The lowest BCUT2D eigenvalue weighted by molar-refractivity contribution is -0.00897. The molecule has 0 unspecified atom stereocenters. The monoisotopic (exact) mass is 482 g/mol. The Balaban J connectivity index is 1.32. The number of piperazine rings is 1. The first kappa shape index (κ1) is 25.1. The van der Waals surface area contributed by atoms with Crippen LogP contribution in [0.5, 0.6) is 5.75 Å². The average molecular weight is 483 g/mol. The van der Waals surface area contributed by atoms with Gasteiger partial charge in [-0.1, -0.05) is 36.4 Å². The second-order valence-corrected chi connectivity index (χ2v) is 8.66. The first-order valence-electron chi connectivity index (χ1n) is 12.0. The highest BCUT2D eigenvalue weighted by Crippen LogP contribution is 2.29. The Morgan fingerprint density at radius 3 is 1.97 bits per heavy atom. The molecule has 35 heavy (non-hydrogen) atoms. The number of aliphatic hydroxyl groups excluding tert-OH is 1. The van der Waals surface area contributed by atoms with Gasteiger partial charge in [-0.25, -0.2) is 8.78 Å². The smallest absolute Gasteiger partial charge is 0.142 e. The molecule has 0 aliphatic carbocycles. The molecule has 0 radical (unpaired) electrons. The number of anilines is 1. The van der Waals surface area contributed by atoms with E-state index in [1.165, 1.54) is 24.3 Å². The molecule has 0 bridgehead atoms. The van der Waals surface area contributed by atoms with Crippen molar-refractivity contribution >= 4 is 5.69 Å². The highest BCUT2D eigenvalue weighted by Gasteiger charge is 2.23. The Labute approximate surface area is 205 Å². The largest absolute Gasteiger partial charge is 0.492 e. The van der Waals surface area contributed by atoms with Crippen molar-refractivity contribution < 1.29 is 23.4 Å². The van der Waals surface area contributed by atoms with Crippen LogP contribution in [-0.2, 0) is 4.74 Å². The number of halogens is 2. The van der Waals surface area contributed by atoms with E-state index in [2.05, 4.69) is 15.9 Å². The lowest BCUT2D eigenvalue weighted by atomic mass is 10.0. The van der Waals surface area contributed by atoms with Gasteiger partial charge in [0.2, 0.25) is 0 Å². The van der Waals surface area contributed by atoms with Crippen molar-refractivity contribution in [2.24, 2.45) is 0 Å². The minimum Gasteiger partial charge on any atom is -0.492 e. The van der Waals surface area contributed by atoms with Crippen molar-refractivity contribution in [1.82, 2.24) is 4.90 Å². The summed E-state index contributed by atoms with van der Waals surface area (Å²) < 4.78 is 38.7. The first-order valence-corrected chi connectivity index (χ1v) is 12.0. The Morgan fingerprint density at radius 1 is 0.829 bits per heavy atom. The minimum atomic E-state index is -0.694. The summed E-state index contributed by atoms with van der Waals surface area (Å²) in [6.45, 7) is 6.51. The first-order chi connectivity index (χ1) is 17.0. The number of rotatable bonds is 10. The van der Waals surface area contributed by atoms with Crippen LogP contribution in [0.15, 0.2) is 72.8 Å². The minimum absolute atomic E-state index is 0.104. The van der Waals surface area contributed by atoms with Gasteiger partial charge in [0.1, 0.15) is 23.5 Å². The predicted molar refractivity (Wildman–Crippen MR) is 133 cm³/mol. The van der Waals surface area contributed by atoms with Crippen molar-refractivity contribution in [3.63, 3.8) is 0 Å². The number of aliphatic hydroxyl groups is 1. The SMILES string of the molecule is CCOc1ccccc1N1CCN(C[C@@H](O)COC(c2ccc(F)cc2)c2ccc(F)cc2)CC1. The molecule has 1 heterocycles. The molecule has 1 aliphatic rings. The number of para-hydroxylation sites is 2. The van der Waals surface area contributed by atoms with Crippen LogP contribution in [0.2, 0.25) is 0 Å². The molecule has 0 spiro atoms. The zero-order chi connectivity index (χ0) is 24.6. The lowest BCUT2D eigenvalue weighted by Gasteiger charge is -2.37. The molecule has 0 saturated carbocycles. The third-order valence-corrected chi connectivity index (χ3v) is 6.15. The van der Waals surface area contributed by atoms with Crippen LogP contribution in [0.1, 0.15) is 24.2 Å². The topological polar surface area (TPSA) is 45.2 Å². The maximum atomic E-state index is 13.4. The van der Waals surface area contributed by atoms with Crippen LogP contribution in [0.4, 0.5) is 14.5 Å². The summed E-state index contributed by atoms with van der Waals surface area (Å²) in [5.74, 6) is 0.217. The fraction of sp³-hybridized carbons (Fsp3) is 0.357. The number of hydrogen-bond donors (Lipinski definition) is 1. The Hall–Kier alpha value is -3.00. The van der Waals surface area contributed by atoms with E-state index in [1.807, 2.05) is 25.1 Å². The van der Waals surface area contributed by atoms with E-state index in [0.717, 1.165) is 48.7 Å². The van der Waals surface area contributed by atoms with E-state index in [4.69, 9.17) is 9.47 Å². The fourth-order valence-electron chi connectivity index (χ4n) is 4.39. The molecule has 0 amide bonds. The molecule has 186 valence electrons. The van der Waals surface area contributed by atoms with E-state index in [-0.39, 0.29) is 18.2 Å². The van der Waals surface area contributed by atoms with E-state index in [1.54, 1.807) is 24.3 Å². The third-order valence-electron chi connectivity index (χ3n) is 6.15. The molecule has 1 fully saturated rings. The average Bonchev–Trinajstić information content (AvgIpc) is 2.87. The van der Waals surface area contributed by atoms with Crippen molar-refractivity contribution in [2.75, 3.05) is 50.8 Å². The summed E-state index contributed by atoms with van der Waals surface area (Å²) in [4.78, 5) is 4.53. The quantitative estimate of drug-likeness (QED) is 0.456. The second kappa shape index (κ2) is 12.1. The van der Waals surface area contributed by atoms with Gasteiger partial charge >= 0.3 is 0 Å². The van der Waals surface area contributed by atoms with E-state index < -0.39 is 12.2 Å². The Bertz CT molecular complexity index is 1010. The summed E-state index contributed by atoms with van der Waals surface area (Å²) >= 11 is 0. The van der Waals surface area contributed by atoms with E-state index >= 15 is 0 Å². The summed E-state index contributed by atoms with van der Waals surface area (Å²) in [5.41, 5.74) is 2.58. The van der Waals surface area contributed by atoms with Gasteiger partial charge in [-0.05, 0) is 54.4 Å². The summed E-state index contributed by atoms with van der Waals surface area (Å²) in [6, 6.07) is 20.1. The van der Waals surface area contributed by atoms with Gasteiger partial charge in [0.15, 0.2) is 0 Å². The molecule has 5 nitrogen and oxygen atoms in total. The van der Waals surface area contributed by atoms with Crippen LogP contribution in [-0.4, -0.2) is 62.0 Å². The Morgan fingerprint density at radius 2 is 1.40 bits per heavy atom. The second-order valence-electron chi connectivity index (χ2n) is 8.66. The van der Waals surface area contributed by atoms with E-state index in [9.17, 15) is 13.9 Å². The number of hydrogen-bond acceptors (Lipinski definition) is 5. The van der Waals surface area contributed by atoms with Crippen molar-refractivity contribution in [3.05, 3.63) is 95.6 Å². The standard InChI is InChI=1S/C28H32F2N2O3/c1-2-34-27-6-4-3-5-26(27)32-17-15-31(16-18-32)19-25(33)20-35-28(21-7-11-23(29)12-8-21)22-9-13-24(30)14-10-22/h3-14,25,28,33H,2,15-20H2,1H3/t25-/m1/s1. The summed E-state index contributed by atoms with van der Waals surface area (Å²) in [5, 5.41) is 10.7. The molecule has 1 N–H and O–H groups in total. The van der Waals surface area contributed by atoms with Gasteiger partial charge in [-0.15, -0.1) is 0 Å². The van der Waals surface area contributed by atoms with Crippen LogP contribution < -0.4 is 9.64 Å². The lowest BCUT2D eigenvalue weighted by Crippen LogP contribution is -2.49. The van der Waals surface area contributed by atoms with Gasteiger partial charge in [0.25, 0.3) is 0 Å². The number of β-amino-alcohol motifs (C(OH)–C–C–N with tert-alkyl or cyclic N) is 1. The van der Waals surface area contributed by atoms with E-state index in [0.29, 0.717) is 13.2 Å². The van der Waals surface area contributed by atoms with Gasteiger partial charge < -0.3 is 19.5 Å². The molecular formula is C28H32F2N2O3. The molecule has 1 saturated heterocycles. The third kappa shape index (κ3) is 6.78. The van der Waals surface area contributed by atoms with Crippen molar-refractivity contribution in [2.45, 2.75) is 19.1 Å². The van der Waals surface area contributed by atoms with Crippen LogP contribution >= 0.6 is 0 Å². The predicted octanol–water partition coefficient (Wildman–Crippen LogP) is 4.65. The van der Waals surface area contributed by atoms with Crippen molar-refractivity contribution in [3.8, 4) is 5.75 Å². The van der Waals surface area contributed by atoms with Crippen LogP contribution in [0.25, 0.3) is 0 Å².